The summed E-state index contributed by atoms with van der Waals surface area (Å²) in [6.07, 6.45) is 9.08. The summed E-state index contributed by atoms with van der Waals surface area (Å²) in [5.74, 6) is 0.968. The van der Waals surface area contributed by atoms with Crippen LogP contribution in [0.1, 0.15) is 50.1 Å². The molecule has 1 aromatic heterocycles. The van der Waals surface area contributed by atoms with Crippen molar-refractivity contribution >= 4 is 11.6 Å². The molecule has 5 nitrogen and oxygen atoms in total. The van der Waals surface area contributed by atoms with Gasteiger partial charge in [0, 0.05) is 25.0 Å². The second kappa shape index (κ2) is 5.33. The van der Waals surface area contributed by atoms with Gasteiger partial charge in [0.2, 0.25) is 5.95 Å². The molecule has 2 fully saturated rings. The van der Waals surface area contributed by atoms with Gasteiger partial charge < -0.3 is 16.4 Å². The highest BCUT2D eigenvalue weighted by molar-refractivity contribution is 5.52. The number of rotatable bonds is 2. The minimum Gasteiger partial charge on any atom is -0.369 e. The van der Waals surface area contributed by atoms with Gasteiger partial charge in [0.1, 0.15) is 0 Å². The highest BCUT2D eigenvalue weighted by Crippen LogP contribution is 2.38. The Balaban J connectivity index is 1.87. The van der Waals surface area contributed by atoms with Crippen LogP contribution in [0.15, 0.2) is 6.20 Å². The van der Waals surface area contributed by atoms with Crippen LogP contribution in [0.4, 0.5) is 11.6 Å². The van der Waals surface area contributed by atoms with Crippen LogP contribution in [-0.4, -0.2) is 29.1 Å². The standard InChI is InChI=1S/C14H23N5/c15-11-5-7-19(8-6-11)12-9-17-14(16)18-13(12)10-3-1-2-4-10/h9-11H,1-8,15H2,(H2,16,17,18). The van der Waals surface area contributed by atoms with Crippen LogP contribution in [0.5, 0.6) is 0 Å². The molecule has 0 unspecified atom stereocenters. The average molecular weight is 261 g/mol. The predicted octanol–water partition coefficient (Wildman–Crippen LogP) is 1.64. The van der Waals surface area contributed by atoms with Crippen LogP contribution < -0.4 is 16.4 Å². The Hall–Kier alpha value is -1.36. The van der Waals surface area contributed by atoms with Crippen molar-refractivity contribution in [1.82, 2.24) is 9.97 Å². The summed E-state index contributed by atoms with van der Waals surface area (Å²) in [6.45, 7) is 2.02. The lowest BCUT2D eigenvalue weighted by molar-refractivity contribution is 0.498. The average Bonchev–Trinajstić information content (AvgIpc) is 2.94. The summed E-state index contributed by atoms with van der Waals surface area (Å²) >= 11 is 0. The largest absolute Gasteiger partial charge is 0.369 e. The van der Waals surface area contributed by atoms with E-state index in [1.807, 2.05) is 6.20 Å². The third-order valence-electron chi connectivity index (χ3n) is 4.44. The molecule has 0 atom stereocenters. The van der Waals surface area contributed by atoms with Crippen molar-refractivity contribution in [3.63, 3.8) is 0 Å². The third-order valence-corrected chi connectivity index (χ3v) is 4.44. The Labute approximate surface area is 114 Å². The van der Waals surface area contributed by atoms with E-state index >= 15 is 0 Å². The van der Waals surface area contributed by atoms with Crippen LogP contribution in [0.2, 0.25) is 0 Å². The maximum atomic E-state index is 5.98. The summed E-state index contributed by atoms with van der Waals surface area (Å²) in [6, 6.07) is 0.348. The molecule has 1 aromatic rings. The predicted molar refractivity (Wildman–Crippen MR) is 77.1 cm³/mol. The molecule has 19 heavy (non-hydrogen) atoms. The SMILES string of the molecule is Nc1ncc(N2CCC(N)CC2)c(C2CCCC2)n1. The lowest BCUT2D eigenvalue weighted by Gasteiger charge is -2.33. The van der Waals surface area contributed by atoms with E-state index in [0.717, 1.165) is 25.9 Å². The van der Waals surface area contributed by atoms with Crippen molar-refractivity contribution in [3.8, 4) is 0 Å². The number of anilines is 2. The molecule has 0 spiro atoms. The van der Waals surface area contributed by atoms with Crippen molar-refractivity contribution < 1.29 is 0 Å². The Morgan fingerprint density at radius 2 is 1.79 bits per heavy atom. The monoisotopic (exact) mass is 261 g/mol. The molecule has 104 valence electrons. The molecular weight excluding hydrogens is 238 g/mol. The second-order valence-corrected chi connectivity index (χ2v) is 5.80. The first kappa shape index (κ1) is 12.7. The molecule has 0 bridgehead atoms. The van der Waals surface area contributed by atoms with E-state index in [1.54, 1.807) is 0 Å². The normalized spacial score (nSPS) is 22.1. The van der Waals surface area contributed by atoms with E-state index < -0.39 is 0 Å². The van der Waals surface area contributed by atoms with E-state index in [9.17, 15) is 0 Å². The maximum absolute atomic E-state index is 5.98. The van der Waals surface area contributed by atoms with Gasteiger partial charge >= 0.3 is 0 Å². The molecule has 0 aromatic carbocycles. The number of nitrogen functional groups attached to an aromatic ring is 1. The van der Waals surface area contributed by atoms with Gasteiger partial charge in [-0.1, -0.05) is 12.8 Å². The van der Waals surface area contributed by atoms with Gasteiger partial charge in [-0.2, -0.15) is 0 Å². The highest BCUT2D eigenvalue weighted by atomic mass is 15.2. The number of aromatic nitrogens is 2. The van der Waals surface area contributed by atoms with Crippen LogP contribution in [-0.2, 0) is 0 Å². The third kappa shape index (κ3) is 2.66. The lowest BCUT2D eigenvalue weighted by Crippen LogP contribution is -2.40. The van der Waals surface area contributed by atoms with Crippen LogP contribution in [0.3, 0.4) is 0 Å². The first-order valence-electron chi connectivity index (χ1n) is 7.37. The molecule has 1 saturated carbocycles. The first-order valence-corrected chi connectivity index (χ1v) is 7.37. The van der Waals surface area contributed by atoms with Gasteiger partial charge in [0.05, 0.1) is 17.6 Å². The molecule has 1 saturated heterocycles. The van der Waals surface area contributed by atoms with E-state index in [1.165, 1.54) is 37.1 Å². The fraction of sp³-hybridized carbons (Fsp3) is 0.714. The van der Waals surface area contributed by atoms with Gasteiger partial charge in [-0.15, -0.1) is 0 Å². The fourth-order valence-electron chi connectivity index (χ4n) is 3.29. The summed E-state index contributed by atoms with van der Waals surface area (Å²) in [7, 11) is 0. The van der Waals surface area contributed by atoms with Crippen molar-refractivity contribution in [2.24, 2.45) is 5.73 Å². The van der Waals surface area contributed by atoms with E-state index in [4.69, 9.17) is 11.5 Å². The molecule has 1 aliphatic carbocycles. The molecule has 5 heteroatoms. The molecule has 2 aliphatic rings. The number of nitrogens with two attached hydrogens (primary N) is 2. The number of nitrogens with zero attached hydrogens (tertiary/aromatic N) is 3. The lowest BCUT2D eigenvalue weighted by atomic mass is 10.00. The van der Waals surface area contributed by atoms with Crippen molar-refractivity contribution in [3.05, 3.63) is 11.9 Å². The topological polar surface area (TPSA) is 81.1 Å². The summed E-state index contributed by atoms with van der Waals surface area (Å²) in [4.78, 5) is 11.1. The molecule has 2 heterocycles. The first-order chi connectivity index (χ1) is 9.24. The number of piperidine rings is 1. The Kier molecular flexibility index (Phi) is 3.55. The minimum atomic E-state index is 0.348. The van der Waals surface area contributed by atoms with Gasteiger partial charge in [-0.25, -0.2) is 9.97 Å². The summed E-state index contributed by atoms with van der Waals surface area (Å²) < 4.78 is 0. The fourth-order valence-corrected chi connectivity index (χ4v) is 3.29. The highest BCUT2D eigenvalue weighted by Gasteiger charge is 2.26. The van der Waals surface area contributed by atoms with Gasteiger partial charge in [-0.3, -0.25) is 0 Å². The Morgan fingerprint density at radius 3 is 2.47 bits per heavy atom. The van der Waals surface area contributed by atoms with E-state index in [-0.39, 0.29) is 0 Å². The van der Waals surface area contributed by atoms with Crippen LogP contribution in [0.25, 0.3) is 0 Å². The molecule has 0 amide bonds. The Morgan fingerprint density at radius 1 is 1.11 bits per heavy atom. The molecule has 1 aliphatic heterocycles. The number of hydrogen-bond acceptors (Lipinski definition) is 5. The zero-order valence-corrected chi connectivity index (χ0v) is 11.4. The summed E-state index contributed by atoms with van der Waals surface area (Å²) in [5, 5.41) is 0. The van der Waals surface area contributed by atoms with E-state index in [2.05, 4.69) is 14.9 Å². The van der Waals surface area contributed by atoms with E-state index in [0.29, 0.717) is 17.9 Å². The Bertz CT molecular complexity index is 433. The second-order valence-electron chi connectivity index (χ2n) is 5.80. The summed E-state index contributed by atoms with van der Waals surface area (Å²) in [5.41, 5.74) is 14.1. The van der Waals surface area contributed by atoms with Crippen LogP contribution in [0, 0.1) is 0 Å². The zero-order valence-electron chi connectivity index (χ0n) is 11.4. The van der Waals surface area contributed by atoms with Gasteiger partial charge in [0.25, 0.3) is 0 Å². The van der Waals surface area contributed by atoms with Gasteiger partial charge in [-0.05, 0) is 25.7 Å². The van der Waals surface area contributed by atoms with Crippen molar-refractivity contribution in [2.75, 3.05) is 23.7 Å². The zero-order chi connectivity index (χ0) is 13.2. The smallest absolute Gasteiger partial charge is 0.220 e. The van der Waals surface area contributed by atoms with Crippen molar-refractivity contribution in [1.29, 1.82) is 0 Å². The molecule has 4 N–H and O–H groups in total. The molecule has 0 radical (unpaired) electrons. The number of hydrogen-bond donors (Lipinski definition) is 2. The molecular formula is C14H23N5. The van der Waals surface area contributed by atoms with Gasteiger partial charge in [0.15, 0.2) is 0 Å². The minimum absolute atomic E-state index is 0.348. The van der Waals surface area contributed by atoms with Crippen molar-refractivity contribution in [2.45, 2.75) is 50.5 Å². The quantitative estimate of drug-likeness (QED) is 0.846. The maximum Gasteiger partial charge on any atom is 0.220 e. The molecule has 3 rings (SSSR count). The van der Waals surface area contributed by atoms with Crippen LogP contribution >= 0.6 is 0 Å².